The molecule has 1 aromatic carbocycles. The van der Waals surface area contributed by atoms with Crippen LogP contribution in [0.15, 0.2) is 24.3 Å². The van der Waals surface area contributed by atoms with E-state index in [0.29, 0.717) is 24.0 Å². The van der Waals surface area contributed by atoms with E-state index in [1.807, 2.05) is 6.92 Å². The predicted molar refractivity (Wildman–Crippen MR) is 74.5 cm³/mol. The van der Waals surface area contributed by atoms with Gasteiger partial charge < -0.3 is 14.9 Å². The lowest BCUT2D eigenvalue weighted by Crippen LogP contribution is -2.16. The number of halogens is 3. The molecule has 2 N–H and O–H groups in total. The van der Waals surface area contributed by atoms with Crippen molar-refractivity contribution in [2.45, 2.75) is 37.6 Å². The number of hydrogen-bond donors (Lipinski definition) is 2. The summed E-state index contributed by atoms with van der Waals surface area (Å²) in [5, 5.41) is 21.0. The van der Waals surface area contributed by atoms with Crippen LogP contribution < -0.4 is 0 Å². The van der Waals surface area contributed by atoms with Crippen molar-refractivity contribution in [3.63, 3.8) is 0 Å². The molecule has 0 radical (unpaired) electrons. The van der Waals surface area contributed by atoms with E-state index in [2.05, 4.69) is 0 Å². The lowest BCUT2D eigenvalue weighted by molar-refractivity contribution is -0.137. The molecular weight excluding hydrogens is 311 g/mol. The van der Waals surface area contributed by atoms with Crippen LogP contribution in [0.4, 0.5) is 13.2 Å². The molecule has 2 bridgehead atoms. The minimum Gasteiger partial charge on any atom is -0.494 e. The zero-order chi connectivity index (χ0) is 16.6. The maximum absolute atomic E-state index is 12.9. The summed E-state index contributed by atoms with van der Waals surface area (Å²) >= 11 is 0. The van der Waals surface area contributed by atoms with Crippen LogP contribution in [0.3, 0.4) is 0 Å². The van der Waals surface area contributed by atoms with Crippen molar-refractivity contribution in [3.05, 3.63) is 41.0 Å². The Labute approximate surface area is 129 Å². The van der Waals surface area contributed by atoms with Crippen LogP contribution in [0.25, 0.3) is 5.69 Å². The van der Waals surface area contributed by atoms with Crippen molar-refractivity contribution in [2.24, 2.45) is 0 Å². The number of aromatic hydroxyl groups is 2. The van der Waals surface area contributed by atoms with Crippen molar-refractivity contribution in [1.82, 2.24) is 4.57 Å². The van der Waals surface area contributed by atoms with E-state index in [9.17, 15) is 23.4 Å². The van der Waals surface area contributed by atoms with Gasteiger partial charge in [0.05, 0.1) is 34.1 Å². The predicted octanol–water partition coefficient (Wildman–Crippen LogP) is 3.99. The third-order valence-corrected chi connectivity index (χ3v) is 4.73. The molecule has 2 aliphatic rings. The number of aromatic nitrogens is 1. The molecule has 0 spiro atoms. The first-order chi connectivity index (χ1) is 10.7. The van der Waals surface area contributed by atoms with Gasteiger partial charge in [0.25, 0.3) is 0 Å². The van der Waals surface area contributed by atoms with Crippen LogP contribution in [0.5, 0.6) is 11.8 Å². The first kappa shape index (κ1) is 14.4. The molecule has 2 aromatic rings. The van der Waals surface area contributed by atoms with E-state index >= 15 is 0 Å². The molecule has 2 aliphatic heterocycles. The maximum Gasteiger partial charge on any atom is 0.416 e. The highest BCUT2D eigenvalue weighted by Crippen LogP contribution is 2.61. The van der Waals surface area contributed by atoms with Crippen molar-refractivity contribution in [2.75, 3.05) is 0 Å². The lowest BCUT2D eigenvalue weighted by atomic mass is 9.86. The summed E-state index contributed by atoms with van der Waals surface area (Å²) in [7, 11) is 0. The summed E-state index contributed by atoms with van der Waals surface area (Å²) in [6, 6.07) is 4.51. The molecule has 4 rings (SSSR count). The summed E-state index contributed by atoms with van der Waals surface area (Å²) in [6.45, 7) is 1.81. The molecule has 4 nitrogen and oxygen atoms in total. The van der Waals surface area contributed by atoms with Gasteiger partial charge in [-0.1, -0.05) is 6.07 Å². The average molecular weight is 325 g/mol. The Kier molecular flexibility index (Phi) is 2.65. The normalized spacial score (nSPS) is 25.8. The highest BCUT2D eigenvalue weighted by molar-refractivity contribution is 5.59. The van der Waals surface area contributed by atoms with Gasteiger partial charge >= 0.3 is 6.18 Å². The van der Waals surface area contributed by atoms with Gasteiger partial charge in [0, 0.05) is 0 Å². The monoisotopic (exact) mass is 325 g/mol. The van der Waals surface area contributed by atoms with E-state index < -0.39 is 17.3 Å². The highest BCUT2D eigenvalue weighted by Gasteiger charge is 2.53. The van der Waals surface area contributed by atoms with E-state index in [4.69, 9.17) is 4.74 Å². The Morgan fingerprint density at radius 3 is 2.65 bits per heavy atom. The molecular formula is C16H14F3NO3. The quantitative estimate of drug-likeness (QED) is 0.833. The molecule has 23 heavy (non-hydrogen) atoms. The molecule has 3 heterocycles. The van der Waals surface area contributed by atoms with Gasteiger partial charge in [0.2, 0.25) is 11.8 Å². The first-order valence-electron chi connectivity index (χ1n) is 7.25. The Bertz CT molecular complexity index is 812. The standard InChI is InChI=1S/C16H14F3NO3/c1-15-6-5-10(23-15)11-12(15)14(22)20(13(11)21)9-4-2-3-8(7-9)16(17,18)19/h2-4,7,10,21-22H,5-6H2,1H3/t10-,15+/m1/s1. The number of fused-ring (bicyclic) bond motifs is 5. The topological polar surface area (TPSA) is 54.6 Å². The second-order valence-electron chi connectivity index (χ2n) is 6.20. The minimum absolute atomic E-state index is 0.0622. The van der Waals surface area contributed by atoms with E-state index in [1.165, 1.54) is 12.1 Å². The van der Waals surface area contributed by atoms with Gasteiger partial charge in [-0.25, -0.2) is 0 Å². The smallest absolute Gasteiger partial charge is 0.416 e. The Hall–Kier alpha value is -2.15. The van der Waals surface area contributed by atoms with Gasteiger partial charge in [-0.15, -0.1) is 0 Å². The van der Waals surface area contributed by atoms with Crippen molar-refractivity contribution in [3.8, 4) is 17.4 Å². The summed E-state index contributed by atoms with van der Waals surface area (Å²) in [6.07, 6.45) is -3.41. The highest BCUT2D eigenvalue weighted by atomic mass is 19.4. The molecule has 1 fully saturated rings. The average Bonchev–Trinajstić information content (AvgIpc) is 3.07. The van der Waals surface area contributed by atoms with E-state index in [-0.39, 0.29) is 23.6 Å². The number of alkyl halides is 3. The Morgan fingerprint density at radius 1 is 1.26 bits per heavy atom. The summed E-state index contributed by atoms with van der Waals surface area (Å²) < 4.78 is 45.5. The molecule has 1 saturated heterocycles. The molecule has 0 saturated carbocycles. The number of benzene rings is 1. The van der Waals surface area contributed by atoms with Crippen LogP contribution >= 0.6 is 0 Å². The Balaban J connectivity index is 1.92. The third kappa shape index (κ3) is 1.83. The van der Waals surface area contributed by atoms with Crippen molar-refractivity contribution >= 4 is 0 Å². The van der Waals surface area contributed by atoms with Gasteiger partial charge in [-0.2, -0.15) is 13.2 Å². The Morgan fingerprint density at radius 2 is 2.00 bits per heavy atom. The van der Waals surface area contributed by atoms with Gasteiger partial charge in [-0.05, 0) is 38.0 Å². The summed E-state index contributed by atoms with van der Waals surface area (Å²) in [5.41, 5.74) is -0.522. The number of hydrogen-bond acceptors (Lipinski definition) is 3. The minimum atomic E-state index is -4.49. The van der Waals surface area contributed by atoms with Crippen LogP contribution in [0.1, 0.15) is 42.6 Å². The lowest BCUT2D eigenvalue weighted by Gasteiger charge is -2.20. The summed E-state index contributed by atoms with van der Waals surface area (Å²) in [4.78, 5) is 0. The van der Waals surface area contributed by atoms with Crippen LogP contribution in [0, 0.1) is 0 Å². The van der Waals surface area contributed by atoms with Gasteiger partial charge in [-0.3, -0.25) is 4.57 Å². The molecule has 7 heteroatoms. The van der Waals surface area contributed by atoms with E-state index in [0.717, 1.165) is 16.7 Å². The first-order valence-corrected chi connectivity index (χ1v) is 7.25. The van der Waals surface area contributed by atoms with Gasteiger partial charge in [0.1, 0.15) is 0 Å². The largest absolute Gasteiger partial charge is 0.494 e. The summed E-state index contributed by atoms with van der Waals surface area (Å²) in [5.74, 6) is -0.522. The molecule has 0 unspecified atom stereocenters. The van der Waals surface area contributed by atoms with E-state index in [1.54, 1.807) is 0 Å². The second-order valence-corrected chi connectivity index (χ2v) is 6.20. The SMILES string of the molecule is C[C@@]12CC[C@@H](O1)c1c2c(O)n(-c2cccc(C(F)(F)F)c2)c1O. The maximum atomic E-state index is 12.9. The van der Waals surface area contributed by atoms with Crippen molar-refractivity contribution in [1.29, 1.82) is 0 Å². The van der Waals surface area contributed by atoms with Crippen LogP contribution in [-0.2, 0) is 16.5 Å². The van der Waals surface area contributed by atoms with Gasteiger partial charge in [0.15, 0.2) is 0 Å². The fourth-order valence-corrected chi connectivity index (χ4v) is 3.68. The third-order valence-electron chi connectivity index (χ3n) is 4.73. The number of nitrogens with zero attached hydrogens (tertiary/aromatic N) is 1. The zero-order valence-electron chi connectivity index (χ0n) is 12.2. The fraction of sp³-hybridized carbons (Fsp3) is 0.375. The van der Waals surface area contributed by atoms with Crippen LogP contribution in [-0.4, -0.2) is 14.8 Å². The number of rotatable bonds is 1. The van der Waals surface area contributed by atoms with Crippen molar-refractivity contribution < 1.29 is 28.1 Å². The zero-order valence-corrected chi connectivity index (χ0v) is 12.2. The molecule has 0 aliphatic carbocycles. The molecule has 0 amide bonds. The molecule has 2 atom stereocenters. The number of ether oxygens (including phenoxy) is 1. The second kappa shape index (κ2) is 4.23. The molecule has 122 valence electrons. The fourth-order valence-electron chi connectivity index (χ4n) is 3.68. The van der Waals surface area contributed by atoms with Crippen LogP contribution in [0.2, 0.25) is 0 Å². The molecule has 1 aromatic heterocycles.